The van der Waals surface area contributed by atoms with Gasteiger partial charge in [0.05, 0.1) is 10.3 Å². The number of hydrogen-bond donors (Lipinski definition) is 1. The average Bonchev–Trinajstić information content (AvgIpc) is 2.65. The number of rotatable bonds is 1. The lowest BCUT2D eigenvalue weighted by molar-refractivity contribution is 0.112. The summed E-state index contributed by atoms with van der Waals surface area (Å²) < 4.78 is 0.835. The minimum absolute atomic E-state index is 0.545. The lowest BCUT2D eigenvalue weighted by Crippen LogP contribution is -1.85. The van der Waals surface area contributed by atoms with E-state index in [1.54, 1.807) is 6.07 Å². The van der Waals surface area contributed by atoms with Gasteiger partial charge in [0.25, 0.3) is 0 Å². The van der Waals surface area contributed by atoms with Gasteiger partial charge in [0, 0.05) is 15.8 Å². The van der Waals surface area contributed by atoms with Crippen LogP contribution in [0.15, 0.2) is 22.4 Å². The van der Waals surface area contributed by atoms with Crippen LogP contribution in [-0.2, 0) is 0 Å². The van der Waals surface area contributed by atoms with Crippen LogP contribution in [0, 0.1) is 11.3 Å². The van der Waals surface area contributed by atoms with Crippen LogP contribution < -0.4 is 0 Å². The van der Waals surface area contributed by atoms with E-state index in [2.05, 4.69) is 18.7 Å². The number of fused-ring (bicyclic) bond motifs is 1. The van der Waals surface area contributed by atoms with E-state index < -0.39 is 0 Å². The third kappa shape index (κ3) is 1.22. The van der Waals surface area contributed by atoms with Gasteiger partial charge in [-0.15, -0.1) is 24.0 Å². The monoisotopic (exact) mass is 219 g/mol. The van der Waals surface area contributed by atoms with E-state index in [0.29, 0.717) is 16.0 Å². The van der Waals surface area contributed by atoms with Gasteiger partial charge >= 0.3 is 0 Å². The second-order valence-corrected chi connectivity index (χ2v) is 4.15. The molecule has 0 aliphatic heterocycles. The number of carbonyl (C=O) groups excluding carboxylic acids is 1. The summed E-state index contributed by atoms with van der Waals surface area (Å²) >= 11 is 5.63. The van der Waals surface area contributed by atoms with Gasteiger partial charge in [0.1, 0.15) is 6.07 Å². The van der Waals surface area contributed by atoms with Gasteiger partial charge in [-0.1, -0.05) is 0 Å². The SMILES string of the molecule is N#Cc1c(S)cc(C=O)c2ccsc12. The maximum atomic E-state index is 10.8. The van der Waals surface area contributed by atoms with Crippen molar-refractivity contribution in [2.45, 2.75) is 4.90 Å². The predicted molar refractivity (Wildman–Crippen MR) is 59.2 cm³/mol. The molecular formula is C10H5NOS2. The molecule has 0 aliphatic rings. The van der Waals surface area contributed by atoms with Gasteiger partial charge < -0.3 is 0 Å². The molecule has 4 heteroatoms. The Balaban J connectivity index is 2.97. The second-order valence-electron chi connectivity index (χ2n) is 2.75. The number of benzene rings is 1. The van der Waals surface area contributed by atoms with Crippen molar-refractivity contribution in [2.24, 2.45) is 0 Å². The van der Waals surface area contributed by atoms with Crippen molar-refractivity contribution in [3.05, 3.63) is 28.6 Å². The highest BCUT2D eigenvalue weighted by Crippen LogP contribution is 2.31. The van der Waals surface area contributed by atoms with E-state index in [1.807, 2.05) is 11.4 Å². The Kier molecular flexibility index (Phi) is 2.28. The number of nitriles is 1. The summed E-state index contributed by atoms with van der Waals surface area (Å²) in [5.74, 6) is 0. The van der Waals surface area contributed by atoms with E-state index in [9.17, 15) is 4.79 Å². The molecule has 2 aromatic rings. The van der Waals surface area contributed by atoms with E-state index in [1.165, 1.54) is 11.3 Å². The molecule has 0 amide bonds. The highest BCUT2D eigenvalue weighted by molar-refractivity contribution is 7.80. The number of thiol groups is 1. The Morgan fingerprint density at radius 3 is 3.00 bits per heavy atom. The molecule has 14 heavy (non-hydrogen) atoms. The lowest BCUT2D eigenvalue weighted by atomic mass is 10.1. The molecule has 0 atom stereocenters. The number of aldehydes is 1. The van der Waals surface area contributed by atoms with Crippen LogP contribution in [0.5, 0.6) is 0 Å². The first-order chi connectivity index (χ1) is 6.77. The zero-order valence-electron chi connectivity index (χ0n) is 7.02. The number of hydrogen-bond acceptors (Lipinski definition) is 4. The summed E-state index contributed by atoms with van der Waals surface area (Å²) in [7, 11) is 0. The molecule has 2 nitrogen and oxygen atoms in total. The molecule has 0 radical (unpaired) electrons. The molecule has 0 fully saturated rings. The summed E-state index contributed by atoms with van der Waals surface area (Å²) in [4.78, 5) is 11.3. The van der Waals surface area contributed by atoms with E-state index in [-0.39, 0.29) is 0 Å². The minimum atomic E-state index is 0.545. The van der Waals surface area contributed by atoms with Crippen molar-refractivity contribution in [1.29, 1.82) is 5.26 Å². The van der Waals surface area contributed by atoms with Crippen LogP contribution in [0.3, 0.4) is 0 Å². The summed E-state index contributed by atoms with van der Waals surface area (Å²) in [6, 6.07) is 5.57. The molecule has 0 saturated heterocycles. The Bertz CT molecular complexity index is 551. The fourth-order valence-corrected chi connectivity index (χ4v) is 2.65. The van der Waals surface area contributed by atoms with Crippen molar-refractivity contribution in [2.75, 3.05) is 0 Å². The molecule has 0 unspecified atom stereocenters. The third-order valence-corrected chi connectivity index (χ3v) is 3.28. The zero-order valence-corrected chi connectivity index (χ0v) is 8.73. The number of nitrogens with zero attached hydrogens (tertiary/aromatic N) is 1. The summed E-state index contributed by atoms with van der Waals surface area (Å²) in [5.41, 5.74) is 1.13. The molecule has 2 rings (SSSR count). The van der Waals surface area contributed by atoms with Crippen LogP contribution in [0.1, 0.15) is 15.9 Å². The second kappa shape index (κ2) is 3.45. The zero-order chi connectivity index (χ0) is 10.1. The molecule has 68 valence electrons. The molecule has 1 aromatic carbocycles. The van der Waals surface area contributed by atoms with Crippen molar-refractivity contribution < 1.29 is 4.79 Å². The minimum Gasteiger partial charge on any atom is -0.298 e. The van der Waals surface area contributed by atoms with Crippen molar-refractivity contribution in [3.63, 3.8) is 0 Å². The van der Waals surface area contributed by atoms with Gasteiger partial charge in [0.2, 0.25) is 0 Å². The van der Waals surface area contributed by atoms with E-state index in [0.717, 1.165) is 16.4 Å². The maximum Gasteiger partial charge on any atom is 0.150 e. The van der Waals surface area contributed by atoms with Gasteiger partial charge in [-0.05, 0) is 17.5 Å². The highest BCUT2D eigenvalue weighted by Gasteiger charge is 2.10. The summed E-state index contributed by atoms with van der Waals surface area (Å²) in [6.07, 6.45) is 0.788. The lowest BCUT2D eigenvalue weighted by Gasteiger charge is -2.00. The first-order valence-electron chi connectivity index (χ1n) is 3.86. The molecule has 0 aliphatic carbocycles. The first-order valence-corrected chi connectivity index (χ1v) is 5.19. The molecule has 1 aromatic heterocycles. The maximum absolute atomic E-state index is 10.8. The highest BCUT2D eigenvalue weighted by atomic mass is 32.1. The van der Waals surface area contributed by atoms with Crippen molar-refractivity contribution in [1.82, 2.24) is 0 Å². The Morgan fingerprint density at radius 2 is 2.36 bits per heavy atom. The van der Waals surface area contributed by atoms with Crippen molar-refractivity contribution >= 4 is 40.3 Å². The molecule has 0 spiro atoms. The standard InChI is InChI=1S/C10H5NOS2/c11-4-8-9(13)3-6(5-12)7-1-2-14-10(7)8/h1-3,5,13H. The Morgan fingerprint density at radius 1 is 1.57 bits per heavy atom. The topological polar surface area (TPSA) is 40.9 Å². The molecule has 0 saturated carbocycles. The largest absolute Gasteiger partial charge is 0.298 e. The van der Waals surface area contributed by atoms with Crippen LogP contribution in [0.25, 0.3) is 10.1 Å². The summed E-state index contributed by atoms with van der Waals surface area (Å²) in [6.45, 7) is 0. The van der Waals surface area contributed by atoms with Gasteiger partial charge in [0.15, 0.2) is 6.29 Å². The average molecular weight is 219 g/mol. The Labute approximate surface area is 90.2 Å². The van der Waals surface area contributed by atoms with E-state index >= 15 is 0 Å². The number of thiophene rings is 1. The van der Waals surface area contributed by atoms with E-state index in [4.69, 9.17) is 5.26 Å². The quantitative estimate of drug-likeness (QED) is 0.592. The molecule has 1 heterocycles. The molecular weight excluding hydrogens is 214 g/mol. The van der Waals surface area contributed by atoms with Crippen molar-refractivity contribution in [3.8, 4) is 6.07 Å². The molecule has 0 N–H and O–H groups in total. The fraction of sp³-hybridized carbons (Fsp3) is 0. The van der Waals surface area contributed by atoms with Crippen LogP contribution in [0.2, 0.25) is 0 Å². The smallest absolute Gasteiger partial charge is 0.150 e. The normalized spacial score (nSPS) is 10.0. The fourth-order valence-electron chi connectivity index (χ4n) is 1.35. The van der Waals surface area contributed by atoms with Gasteiger partial charge in [-0.3, -0.25) is 4.79 Å². The predicted octanol–water partition coefficient (Wildman–Crippen LogP) is 2.87. The summed E-state index contributed by atoms with van der Waals surface area (Å²) in [5, 5.41) is 11.6. The number of carbonyl (C=O) groups is 1. The van der Waals surface area contributed by atoms with Crippen LogP contribution in [0.4, 0.5) is 0 Å². The first kappa shape index (κ1) is 9.25. The third-order valence-electron chi connectivity index (χ3n) is 1.99. The van der Waals surface area contributed by atoms with Gasteiger partial charge in [-0.2, -0.15) is 5.26 Å². The molecule has 0 bridgehead atoms. The Hall–Kier alpha value is -1.31. The van der Waals surface area contributed by atoms with Crippen LogP contribution >= 0.6 is 24.0 Å². The van der Waals surface area contributed by atoms with Gasteiger partial charge in [-0.25, -0.2) is 0 Å². The van der Waals surface area contributed by atoms with Crippen LogP contribution in [-0.4, -0.2) is 6.29 Å².